The van der Waals surface area contributed by atoms with Crippen LogP contribution in [0, 0.1) is 5.41 Å². The summed E-state index contributed by atoms with van der Waals surface area (Å²) in [6, 6.07) is 14.2. The first-order chi connectivity index (χ1) is 15.2. The number of nitrogen functional groups attached to an aromatic ring is 1. The predicted molar refractivity (Wildman–Crippen MR) is 123 cm³/mol. The summed E-state index contributed by atoms with van der Waals surface area (Å²) in [5, 5.41) is 7.50. The minimum absolute atomic E-state index is 0.00381. The molecule has 32 heavy (non-hydrogen) atoms. The molecule has 0 saturated carbocycles. The van der Waals surface area contributed by atoms with Gasteiger partial charge in [0.1, 0.15) is 5.84 Å². The van der Waals surface area contributed by atoms with Gasteiger partial charge in [0.05, 0.1) is 11.4 Å². The van der Waals surface area contributed by atoms with E-state index < -0.39 is 22.2 Å². The van der Waals surface area contributed by atoms with E-state index in [1.807, 2.05) is 29.2 Å². The number of nitrogens with zero attached hydrogens (tertiary/aromatic N) is 2. The van der Waals surface area contributed by atoms with Gasteiger partial charge in [-0.1, -0.05) is 49.7 Å². The number of carbonyl (C=O) groups is 1. The van der Waals surface area contributed by atoms with Crippen LogP contribution in [0.1, 0.15) is 37.0 Å². The first-order valence-corrected chi connectivity index (χ1v) is 12.1. The molecule has 3 N–H and O–H groups in total. The Morgan fingerprint density at radius 2 is 1.72 bits per heavy atom. The van der Waals surface area contributed by atoms with E-state index in [4.69, 9.17) is 15.9 Å². The van der Waals surface area contributed by atoms with Crippen LogP contribution in [0.25, 0.3) is 0 Å². The van der Waals surface area contributed by atoms with Crippen molar-refractivity contribution in [2.45, 2.75) is 44.4 Å². The summed E-state index contributed by atoms with van der Waals surface area (Å²) in [4.78, 5) is 13.9. The zero-order chi connectivity index (χ0) is 23.3. The van der Waals surface area contributed by atoms with Crippen molar-refractivity contribution in [3.63, 3.8) is 0 Å². The molecule has 1 saturated heterocycles. The molecule has 1 atom stereocenters. The van der Waals surface area contributed by atoms with Crippen LogP contribution >= 0.6 is 0 Å². The molecular formula is C23H30N4O4S. The molecule has 1 aliphatic heterocycles. The number of benzene rings is 2. The Balaban J connectivity index is 1.75. The molecule has 172 valence electrons. The lowest BCUT2D eigenvalue weighted by molar-refractivity contribution is -0.161. The summed E-state index contributed by atoms with van der Waals surface area (Å²) in [5.74, 6) is -0.467. The van der Waals surface area contributed by atoms with E-state index in [0.717, 1.165) is 24.0 Å². The molecule has 0 amide bonds. The summed E-state index contributed by atoms with van der Waals surface area (Å²) in [6.45, 7) is 4.65. The Hall–Kier alpha value is -2.75. The van der Waals surface area contributed by atoms with Gasteiger partial charge in [0.2, 0.25) is 10.0 Å². The fraction of sp³-hybridized carbons (Fsp3) is 0.391. The summed E-state index contributed by atoms with van der Waals surface area (Å²) in [7, 11) is -3.70. The number of aryl methyl sites for hydroxylation is 1. The Bertz CT molecular complexity index is 1050. The number of sulfonamides is 1. The Morgan fingerprint density at radius 3 is 2.28 bits per heavy atom. The lowest BCUT2D eigenvalue weighted by atomic mass is 10.1. The van der Waals surface area contributed by atoms with Gasteiger partial charge in [-0.2, -0.15) is 4.31 Å². The molecule has 1 aliphatic rings. The van der Waals surface area contributed by atoms with Gasteiger partial charge < -0.3 is 10.5 Å². The molecule has 1 unspecified atom stereocenters. The highest BCUT2D eigenvalue weighted by Gasteiger charge is 2.35. The van der Waals surface area contributed by atoms with Gasteiger partial charge in [-0.3, -0.25) is 15.1 Å². The fourth-order valence-electron chi connectivity index (χ4n) is 3.76. The topological polar surface area (TPSA) is 117 Å². The maximum atomic E-state index is 13.2. The average Bonchev–Trinajstić information content (AvgIpc) is 2.75. The van der Waals surface area contributed by atoms with Crippen LogP contribution in [0.5, 0.6) is 0 Å². The normalized spacial score (nSPS) is 17.8. The number of piperazine rings is 1. The van der Waals surface area contributed by atoms with Crippen molar-refractivity contribution in [1.29, 1.82) is 5.41 Å². The van der Waals surface area contributed by atoms with Gasteiger partial charge in [-0.05, 0) is 29.7 Å². The van der Waals surface area contributed by atoms with Crippen LogP contribution in [0.2, 0.25) is 0 Å². The molecule has 2 aromatic carbocycles. The monoisotopic (exact) mass is 458 g/mol. The highest BCUT2D eigenvalue weighted by Crippen LogP contribution is 2.23. The van der Waals surface area contributed by atoms with Gasteiger partial charge in [-0.25, -0.2) is 8.42 Å². The van der Waals surface area contributed by atoms with Crippen LogP contribution in [0.4, 0.5) is 0 Å². The van der Waals surface area contributed by atoms with E-state index >= 15 is 0 Å². The van der Waals surface area contributed by atoms with Crippen molar-refractivity contribution in [2.24, 2.45) is 5.73 Å². The Kier molecular flexibility index (Phi) is 7.65. The summed E-state index contributed by atoms with van der Waals surface area (Å²) < 4.78 is 33.2. The summed E-state index contributed by atoms with van der Waals surface area (Å²) in [5.41, 5.74) is 8.19. The van der Waals surface area contributed by atoms with E-state index in [2.05, 4.69) is 6.92 Å². The molecule has 0 radical (unpaired) electrons. The number of hydrogen-bond donors (Lipinski definition) is 2. The maximum absolute atomic E-state index is 13.2. The number of ether oxygens (including phenoxy) is 1. The molecule has 9 heteroatoms. The SMILES string of the molecule is CCCc1ccc(S(=O)(=O)N2CCN(Cc3ccc(C(=N)N)cc3)C(OC(C)=O)C2)cc1. The van der Waals surface area contributed by atoms with Crippen LogP contribution in [-0.2, 0) is 32.5 Å². The molecule has 2 aromatic rings. The van der Waals surface area contributed by atoms with Crippen LogP contribution in [-0.4, -0.2) is 55.3 Å². The third kappa shape index (κ3) is 5.73. The number of nitrogens with two attached hydrogens (primary N) is 1. The third-order valence-electron chi connectivity index (χ3n) is 5.46. The van der Waals surface area contributed by atoms with Gasteiger partial charge in [0.25, 0.3) is 0 Å². The standard InChI is InChI=1S/C23H30N4O4S/c1-3-4-18-7-11-21(12-8-18)32(29,30)27-14-13-26(22(16-27)31-17(2)28)15-19-5-9-20(10-6-19)23(24)25/h5-12,22H,3-4,13-16H2,1-2H3,(H3,24,25). The second-order valence-corrected chi connectivity index (χ2v) is 9.84. The molecule has 0 aliphatic carbocycles. The van der Waals surface area contributed by atoms with Gasteiger partial charge in [0.15, 0.2) is 6.23 Å². The molecule has 1 heterocycles. The third-order valence-corrected chi connectivity index (χ3v) is 7.34. The first-order valence-electron chi connectivity index (χ1n) is 10.6. The van der Waals surface area contributed by atoms with E-state index in [1.54, 1.807) is 24.3 Å². The molecule has 0 spiro atoms. The second kappa shape index (κ2) is 10.2. The van der Waals surface area contributed by atoms with Crippen molar-refractivity contribution in [3.8, 4) is 0 Å². The number of amidine groups is 1. The molecule has 3 rings (SSSR count). The van der Waals surface area contributed by atoms with Crippen molar-refractivity contribution in [1.82, 2.24) is 9.21 Å². The zero-order valence-corrected chi connectivity index (χ0v) is 19.3. The molecular weight excluding hydrogens is 428 g/mol. The smallest absolute Gasteiger partial charge is 0.304 e. The lowest BCUT2D eigenvalue weighted by Gasteiger charge is -2.39. The molecule has 1 fully saturated rings. The number of nitrogens with one attached hydrogen (secondary N) is 1. The first kappa shape index (κ1) is 23.9. The lowest BCUT2D eigenvalue weighted by Crippen LogP contribution is -2.55. The molecule has 0 bridgehead atoms. The number of esters is 1. The molecule has 0 aromatic heterocycles. The summed E-state index contributed by atoms with van der Waals surface area (Å²) >= 11 is 0. The number of hydrogen-bond acceptors (Lipinski definition) is 6. The fourth-order valence-corrected chi connectivity index (χ4v) is 5.18. The van der Waals surface area contributed by atoms with E-state index in [-0.39, 0.29) is 17.3 Å². The van der Waals surface area contributed by atoms with Crippen molar-refractivity contribution < 1.29 is 17.9 Å². The van der Waals surface area contributed by atoms with E-state index in [9.17, 15) is 13.2 Å². The van der Waals surface area contributed by atoms with E-state index in [1.165, 1.54) is 11.2 Å². The Labute approximate surface area is 189 Å². The van der Waals surface area contributed by atoms with Gasteiger partial charge >= 0.3 is 5.97 Å². The summed E-state index contributed by atoms with van der Waals surface area (Å²) in [6.07, 6.45) is 1.21. The highest BCUT2D eigenvalue weighted by molar-refractivity contribution is 7.89. The van der Waals surface area contributed by atoms with Gasteiger partial charge in [0, 0.05) is 32.1 Å². The number of rotatable bonds is 8. The van der Waals surface area contributed by atoms with Crippen LogP contribution < -0.4 is 5.73 Å². The van der Waals surface area contributed by atoms with Gasteiger partial charge in [-0.15, -0.1) is 0 Å². The predicted octanol–water partition coefficient (Wildman–Crippen LogP) is 2.32. The highest BCUT2D eigenvalue weighted by atomic mass is 32.2. The Morgan fingerprint density at radius 1 is 1.09 bits per heavy atom. The van der Waals surface area contributed by atoms with E-state index in [0.29, 0.717) is 25.2 Å². The molecule has 8 nitrogen and oxygen atoms in total. The number of carbonyl (C=O) groups excluding carboxylic acids is 1. The second-order valence-electron chi connectivity index (χ2n) is 7.90. The minimum atomic E-state index is -3.70. The quantitative estimate of drug-likeness (QED) is 0.356. The van der Waals surface area contributed by atoms with Crippen LogP contribution in [0.15, 0.2) is 53.4 Å². The zero-order valence-electron chi connectivity index (χ0n) is 18.5. The minimum Gasteiger partial charge on any atom is -0.445 e. The average molecular weight is 459 g/mol. The van der Waals surface area contributed by atoms with Crippen molar-refractivity contribution in [3.05, 3.63) is 65.2 Å². The van der Waals surface area contributed by atoms with Crippen molar-refractivity contribution in [2.75, 3.05) is 19.6 Å². The van der Waals surface area contributed by atoms with Crippen molar-refractivity contribution >= 4 is 21.8 Å². The van der Waals surface area contributed by atoms with Crippen LogP contribution in [0.3, 0.4) is 0 Å². The largest absolute Gasteiger partial charge is 0.445 e. The maximum Gasteiger partial charge on any atom is 0.304 e.